The molecule has 7 heteroatoms. The highest BCUT2D eigenvalue weighted by Crippen LogP contribution is 2.35. The molecule has 2 aromatic heterocycles. The first-order chi connectivity index (χ1) is 14.6. The van der Waals surface area contributed by atoms with Crippen molar-refractivity contribution in [1.82, 2.24) is 9.88 Å². The first-order valence-corrected chi connectivity index (χ1v) is 10.6. The van der Waals surface area contributed by atoms with Crippen molar-refractivity contribution in [2.75, 3.05) is 6.54 Å². The SMILES string of the molecule is O=C(Cc1cccs1)N1CCCC1c1nc2cc(-c3ccc(F)cc3F)ccc2o1. The van der Waals surface area contributed by atoms with Crippen molar-refractivity contribution in [2.24, 2.45) is 0 Å². The van der Waals surface area contributed by atoms with E-state index in [9.17, 15) is 13.6 Å². The van der Waals surface area contributed by atoms with Gasteiger partial charge in [0.25, 0.3) is 0 Å². The normalized spacial score (nSPS) is 16.5. The molecule has 152 valence electrons. The molecule has 0 saturated carbocycles. The van der Waals surface area contributed by atoms with Gasteiger partial charge in [0.1, 0.15) is 23.2 Å². The molecule has 2 aromatic carbocycles. The smallest absolute Gasteiger partial charge is 0.228 e. The number of carbonyl (C=O) groups excluding carboxylic acids is 1. The molecule has 1 amide bonds. The number of aromatic nitrogens is 1. The van der Waals surface area contributed by atoms with Crippen LogP contribution >= 0.6 is 11.3 Å². The molecule has 0 bridgehead atoms. The predicted octanol–water partition coefficient (Wildman–Crippen LogP) is 5.74. The predicted molar refractivity (Wildman–Crippen MR) is 111 cm³/mol. The highest BCUT2D eigenvalue weighted by Gasteiger charge is 2.33. The molecule has 30 heavy (non-hydrogen) atoms. The summed E-state index contributed by atoms with van der Waals surface area (Å²) in [5.41, 5.74) is 2.06. The quantitative estimate of drug-likeness (QED) is 0.420. The zero-order valence-corrected chi connectivity index (χ0v) is 16.8. The van der Waals surface area contributed by atoms with Crippen LogP contribution in [0.25, 0.3) is 22.2 Å². The van der Waals surface area contributed by atoms with Gasteiger partial charge in [-0.2, -0.15) is 0 Å². The summed E-state index contributed by atoms with van der Waals surface area (Å²) in [5.74, 6) is -0.677. The molecule has 1 aliphatic heterocycles. The molecule has 4 aromatic rings. The van der Waals surface area contributed by atoms with E-state index in [0.29, 0.717) is 41.1 Å². The third-order valence-electron chi connectivity index (χ3n) is 5.41. The summed E-state index contributed by atoms with van der Waals surface area (Å²) in [6, 6.07) is 12.4. The van der Waals surface area contributed by atoms with Crippen LogP contribution in [0.4, 0.5) is 8.78 Å². The average molecular weight is 424 g/mol. The first kappa shape index (κ1) is 18.9. The summed E-state index contributed by atoms with van der Waals surface area (Å²) in [5, 5.41) is 1.96. The Morgan fingerprint density at radius 1 is 1.20 bits per heavy atom. The number of rotatable bonds is 4. The fourth-order valence-corrected chi connectivity index (χ4v) is 4.66. The molecular formula is C23H18F2N2O2S. The van der Waals surface area contributed by atoms with E-state index in [1.807, 2.05) is 22.4 Å². The zero-order valence-electron chi connectivity index (χ0n) is 16.0. The number of oxazole rings is 1. The molecule has 3 heterocycles. The van der Waals surface area contributed by atoms with Crippen LogP contribution in [0.1, 0.15) is 29.7 Å². The van der Waals surface area contributed by atoms with Gasteiger partial charge in [-0.25, -0.2) is 13.8 Å². The van der Waals surface area contributed by atoms with E-state index in [4.69, 9.17) is 4.42 Å². The molecule has 1 saturated heterocycles. The number of carbonyl (C=O) groups is 1. The number of hydrogen-bond acceptors (Lipinski definition) is 4. The van der Waals surface area contributed by atoms with Crippen LogP contribution in [0.3, 0.4) is 0 Å². The lowest BCUT2D eigenvalue weighted by Gasteiger charge is -2.22. The molecule has 1 unspecified atom stereocenters. The fraction of sp³-hybridized carbons (Fsp3) is 0.217. The fourth-order valence-electron chi connectivity index (χ4n) is 3.96. The summed E-state index contributed by atoms with van der Waals surface area (Å²) in [6.07, 6.45) is 2.07. The number of benzene rings is 2. The van der Waals surface area contributed by atoms with Crippen LogP contribution in [0.15, 0.2) is 58.3 Å². The van der Waals surface area contributed by atoms with Gasteiger partial charge < -0.3 is 9.32 Å². The van der Waals surface area contributed by atoms with Gasteiger partial charge in [-0.1, -0.05) is 12.1 Å². The van der Waals surface area contributed by atoms with Gasteiger partial charge in [-0.3, -0.25) is 4.79 Å². The van der Waals surface area contributed by atoms with Crippen LogP contribution in [-0.2, 0) is 11.2 Å². The van der Waals surface area contributed by atoms with Crippen LogP contribution in [-0.4, -0.2) is 22.3 Å². The van der Waals surface area contributed by atoms with E-state index in [1.54, 1.807) is 29.5 Å². The minimum Gasteiger partial charge on any atom is -0.438 e. The third kappa shape index (κ3) is 3.50. The minimum absolute atomic E-state index is 0.0660. The Morgan fingerprint density at radius 2 is 2.10 bits per heavy atom. The Kier molecular flexibility index (Phi) is 4.83. The number of halogens is 2. The maximum absolute atomic E-state index is 14.2. The van der Waals surface area contributed by atoms with Gasteiger partial charge in [-0.15, -0.1) is 11.3 Å². The van der Waals surface area contributed by atoms with Crippen LogP contribution in [0.5, 0.6) is 0 Å². The average Bonchev–Trinajstić information content (AvgIpc) is 3.47. The second kappa shape index (κ2) is 7.65. The summed E-state index contributed by atoms with van der Waals surface area (Å²) in [6.45, 7) is 0.680. The lowest BCUT2D eigenvalue weighted by Crippen LogP contribution is -2.31. The third-order valence-corrected chi connectivity index (χ3v) is 6.29. The summed E-state index contributed by atoms with van der Waals surface area (Å²) in [7, 11) is 0. The maximum atomic E-state index is 14.2. The molecule has 0 spiro atoms. The van der Waals surface area contributed by atoms with Crippen molar-refractivity contribution in [3.8, 4) is 11.1 Å². The summed E-state index contributed by atoms with van der Waals surface area (Å²) < 4.78 is 33.3. The molecular weight excluding hydrogens is 406 g/mol. The van der Waals surface area contributed by atoms with Gasteiger partial charge in [0, 0.05) is 23.1 Å². The van der Waals surface area contributed by atoms with Gasteiger partial charge in [0.2, 0.25) is 11.8 Å². The van der Waals surface area contributed by atoms with E-state index in [-0.39, 0.29) is 11.9 Å². The van der Waals surface area contributed by atoms with Gasteiger partial charge >= 0.3 is 0 Å². The maximum Gasteiger partial charge on any atom is 0.228 e. The second-order valence-corrected chi connectivity index (χ2v) is 8.39. The summed E-state index contributed by atoms with van der Waals surface area (Å²) in [4.78, 5) is 20.3. The molecule has 1 atom stereocenters. The van der Waals surface area contributed by atoms with Gasteiger partial charge in [0.15, 0.2) is 5.58 Å². The van der Waals surface area contributed by atoms with E-state index in [1.165, 1.54) is 12.1 Å². The zero-order chi connectivity index (χ0) is 20.7. The molecule has 5 rings (SSSR count). The molecule has 0 aliphatic carbocycles. The largest absolute Gasteiger partial charge is 0.438 e. The number of fused-ring (bicyclic) bond motifs is 1. The monoisotopic (exact) mass is 424 g/mol. The number of nitrogens with zero attached hydrogens (tertiary/aromatic N) is 2. The van der Waals surface area contributed by atoms with Crippen LogP contribution < -0.4 is 0 Å². The first-order valence-electron chi connectivity index (χ1n) is 9.76. The molecule has 1 aliphatic rings. The lowest BCUT2D eigenvalue weighted by molar-refractivity contribution is -0.131. The Hall–Kier alpha value is -3.06. The van der Waals surface area contributed by atoms with E-state index >= 15 is 0 Å². The van der Waals surface area contributed by atoms with Crippen molar-refractivity contribution in [3.05, 3.63) is 76.3 Å². The van der Waals surface area contributed by atoms with Crippen molar-refractivity contribution >= 4 is 28.3 Å². The second-order valence-electron chi connectivity index (χ2n) is 7.36. The Bertz CT molecular complexity index is 1220. The van der Waals surface area contributed by atoms with Crippen molar-refractivity contribution in [2.45, 2.75) is 25.3 Å². The Morgan fingerprint density at radius 3 is 2.90 bits per heavy atom. The number of amides is 1. The van der Waals surface area contributed by atoms with Crippen molar-refractivity contribution in [1.29, 1.82) is 0 Å². The molecule has 0 N–H and O–H groups in total. The van der Waals surface area contributed by atoms with Crippen molar-refractivity contribution < 1.29 is 18.0 Å². The number of likely N-dealkylation sites (tertiary alicyclic amines) is 1. The van der Waals surface area contributed by atoms with E-state index < -0.39 is 11.6 Å². The van der Waals surface area contributed by atoms with E-state index in [0.717, 1.165) is 23.8 Å². The van der Waals surface area contributed by atoms with Crippen molar-refractivity contribution in [3.63, 3.8) is 0 Å². The lowest BCUT2D eigenvalue weighted by atomic mass is 10.0. The van der Waals surface area contributed by atoms with Crippen LogP contribution in [0.2, 0.25) is 0 Å². The highest BCUT2D eigenvalue weighted by atomic mass is 32.1. The highest BCUT2D eigenvalue weighted by molar-refractivity contribution is 7.10. The molecule has 0 radical (unpaired) electrons. The topological polar surface area (TPSA) is 46.3 Å². The standard InChI is InChI=1S/C23H18F2N2O2S/c24-15-6-7-17(18(25)12-15)14-5-8-21-19(11-14)26-23(29-21)20-4-1-9-27(20)22(28)13-16-3-2-10-30-16/h2-3,5-8,10-12,20H,1,4,9,13H2. The number of thiophene rings is 1. The molecule has 4 nitrogen and oxygen atoms in total. The minimum atomic E-state index is -0.626. The van der Waals surface area contributed by atoms with Gasteiger partial charge in [-0.05, 0) is 54.1 Å². The number of hydrogen-bond donors (Lipinski definition) is 0. The van der Waals surface area contributed by atoms with Gasteiger partial charge in [0.05, 0.1) is 6.42 Å². The molecule has 1 fully saturated rings. The Labute approximate surface area is 175 Å². The van der Waals surface area contributed by atoms with E-state index in [2.05, 4.69) is 4.98 Å². The Balaban J connectivity index is 1.43. The van der Waals surface area contributed by atoms with Crippen LogP contribution in [0, 0.1) is 11.6 Å². The summed E-state index contributed by atoms with van der Waals surface area (Å²) >= 11 is 1.57.